The molecule has 0 aliphatic heterocycles. The van der Waals surface area contributed by atoms with Crippen LogP contribution in [0.5, 0.6) is 0 Å². The van der Waals surface area contributed by atoms with Crippen LogP contribution in [0.4, 0.5) is 11.5 Å². The smallest absolute Gasteiger partial charge is 0.256 e. The summed E-state index contributed by atoms with van der Waals surface area (Å²) in [5.74, 6) is 0.0715. The average molecular weight is 390 g/mol. The fourth-order valence-corrected chi connectivity index (χ4v) is 2.66. The van der Waals surface area contributed by atoms with Crippen molar-refractivity contribution in [3.63, 3.8) is 0 Å². The van der Waals surface area contributed by atoms with E-state index < -0.39 is 11.8 Å². The van der Waals surface area contributed by atoms with E-state index >= 15 is 0 Å². The quantitative estimate of drug-likeness (QED) is 0.671. The van der Waals surface area contributed by atoms with Crippen molar-refractivity contribution in [1.82, 2.24) is 5.16 Å². The molecule has 1 heterocycles. The second-order valence-corrected chi connectivity index (χ2v) is 6.28. The number of aromatic nitrogens is 1. The van der Waals surface area contributed by atoms with Gasteiger partial charge >= 0.3 is 0 Å². The highest BCUT2D eigenvalue weighted by molar-refractivity contribution is 6.36. The van der Waals surface area contributed by atoms with Gasteiger partial charge in [0.25, 0.3) is 11.8 Å². The number of carbonyl (C=O) groups is 2. The third kappa shape index (κ3) is 4.22. The van der Waals surface area contributed by atoms with Gasteiger partial charge in [-0.3, -0.25) is 9.59 Å². The Morgan fingerprint density at radius 1 is 0.962 bits per heavy atom. The molecule has 0 radical (unpaired) electrons. The summed E-state index contributed by atoms with van der Waals surface area (Å²) in [7, 11) is 0. The lowest BCUT2D eigenvalue weighted by Gasteiger charge is -2.08. The van der Waals surface area contributed by atoms with Gasteiger partial charge in [-0.2, -0.15) is 0 Å². The highest BCUT2D eigenvalue weighted by Crippen LogP contribution is 2.26. The van der Waals surface area contributed by atoms with Crippen LogP contribution in [-0.2, 0) is 0 Å². The second kappa shape index (κ2) is 7.59. The monoisotopic (exact) mass is 389 g/mol. The van der Waals surface area contributed by atoms with E-state index in [9.17, 15) is 9.59 Å². The van der Waals surface area contributed by atoms with Crippen LogP contribution in [0.3, 0.4) is 0 Å². The number of rotatable bonds is 4. The van der Waals surface area contributed by atoms with E-state index in [1.54, 1.807) is 43.3 Å². The summed E-state index contributed by atoms with van der Waals surface area (Å²) in [5, 5.41) is 9.77. The van der Waals surface area contributed by atoms with Crippen LogP contribution in [0.25, 0.3) is 0 Å². The Balaban J connectivity index is 1.75. The van der Waals surface area contributed by atoms with Gasteiger partial charge in [-0.1, -0.05) is 34.4 Å². The van der Waals surface area contributed by atoms with Crippen LogP contribution in [0.15, 0.2) is 53.1 Å². The van der Waals surface area contributed by atoms with Crippen LogP contribution < -0.4 is 10.6 Å². The molecule has 3 rings (SSSR count). The summed E-state index contributed by atoms with van der Waals surface area (Å²) in [6, 6.07) is 12.6. The predicted molar refractivity (Wildman–Crippen MR) is 100 cm³/mol. The van der Waals surface area contributed by atoms with Crippen molar-refractivity contribution in [3.8, 4) is 0 Å². The zero-order chi connectivity index (χ0) is 18.7. The molecular weight excluding hydrogens is 377 g/mol. The Bertz CT molecular complexity index is 985. The Hall–Kier alpha value is -2.83. The van der Waals surface area contributed by atoms with Crippen molar-refractivity contribution in [2.45, 2.75) is 6.92 Å². The first kappa shape index (κ1) is 18.0. The molecule has 26 heavy (non-hydrogen) atoms. The highest BCUT2D eigenvalue weighted by Gasteiger charge is 2.13. The number of halogens is 2. The lowest BCUT2D eigenvalue weighted by molar-refractivity contribution is 0.102. The van der Waals surface area contributed by atoms with E-state index in [1.807, 2.05) is 0 Å². The molecule has 2 amide bonds. The average Bonchev–Trinajstić information content (AvgIpc) is 3.02. The molecule has 0 atom stereocenters. The number of hydrogen-bond acceptors (Lipinski definition) is 4. The van der Waals surface area contributed by atoms with E-state index in [-0.39, 0.29) is 0 Å². The normalized spacial score (nSPS) is 10.4. The standard InChI is InChI=1S/C18H13Cl2N3O3/c1-10-7-16(23-26-10)22-18(25)12-4-2-3-11(8-12)17(24)21-15-6-5-13(19)9-14(15)20/h2-9H,1H3,(H,21,24)(H,22,23,25). The van der Waals surface area contributed by atoms with Gasteiger partial charge in [-0.05, 0) is 43.3 Å². The Kier molecular flexibility index (Phi) is 5.25. The van der Waals surface area contributed by atoms with Crippen LogP contribution >= 0.6 is 23.2 Å². The number of carbonyl (C=O) groups excluding carboxylic acids is 2. The Morgan fingerprint density at radius 3 is 2.27 bits per heavy atom. The van der Waals surface area contributed by atoms with Gasteiger partial charge in [-0.15, -0.1) is 0 Å². The first-order valence-electron chi connectivity index (χ1n) is 7.53. The van der Waals surface area contributed by atoms with Gasteiger partial charge in [0, 0.05) is 22.2 Å². The Labute approximate surface area is 159 Å². The van der Waals surface area contributed by atoms with Gasteiger partial charge in [0.15, 0.2) is 5.82 Å². The topological polar surface area (TPSA) is 84.2 Å². The lowest BCUT2D eigenvalue weighted by atomic mass is 10.1. The maximum Gasteiger partial charge on any atom is 0.256 e. The fraction of sp³-hybridized carbons (Fsp3) is 0.0556. The van der Waals surface area contributed by atoms with Crippen LogP contribution in [0, 0.1) is 6.92 Å². The van der Waals surface area contributed by atoms with Crippen molar-refractivity contribution in [1.29, 1.82) is 0 Å². The van der Waals surface area contributed by atoms with E-state index in [4.69, 9.17) is 27.7 Å². The Morgan fingerprint density at radius 2 is 1.65 bits per heavy atom. The molecule has 0 aliphatic rings. The molecule has 6 nitrogen and oxygen atoms in total. The minimum atomic E-state index is -0.405. The molecule has 0 fully saturated rings. The summed E-state index contributed by atoms with van der Waals surface area (Å²) in [4.78, 5) is 24.7. The number of nitrogens with one attached hydrogen (secondary N) is 2. The number of amides is 2. The highest BCUT2D eigenvalue weighted by atomic mass is 35.5. The molecule has 132 valence electrons. The van der Waals surface area contributed by atoms with Gasteiger partial charge in [0.05, 0.1) is 10.7 Å². The molecule has 0 bridgehead atoms. The summed E-state index contributed by atoms with van der Waals surface area (Å²) >= 11 is 11.9. The second-order valence-electron chi connectivity index (χ2n) is 5.44. The molecule has 0 saturated heterocycles. The summed E-state index contributed by atoms with van der Waals surface area (Å²) in [6.45, 7) is 1.72. The van der Waals surface area contributed by atoms with Crippen LogP contribution in [0.1, 0.15) is 26.5 Å². The van der Waals surface area contributed by atoms with E-state index in [1.165, 1.54) is 12.1 Å². The molecule has 0 spiro atoms. The molecule has 0 unspecified atom stereocenters. The first-order valence-corrected chi connectivity index (χ1v) is 8.29. The van der Waals surface area contributed by atoms with Gasteiger partial charge in [0.2, 0.25) is 0 Å². The maximum absolute atomic E-state index is 12.4. The maximum atomic E-state index is 12.4. The third-order valence-corrected chi connectivity index (χ3v) is 3.98. The SMILES string of the molecule is Cc1cc(NC(=O)c2cccc(C(=O)Nc3ccc(Cl)cc3Cl)c2)no1. The molecule has 1 aromatic heterocycles. The fourth-order valence-electron chi connectivity index (χ4n) is 2.20. The molecule has 2 N–H and O–H groups in total. The lowest BCUT2D eigenvalue weighted by Crippen LogP contribution is -2.15. The molecule has 0 saturated carbocycles. The predicted octanol–water partition coefficient (Wildman–Crippen LogP) is 4.79. The molecule has 3 aromatic rings. The largest absolute Gasteiger partial charge is 0.360 e. The zero-order valence-corrected chi connectivity index (χ0v) is 15.1. The van der Waals surface area contributed by atoms with Crippen molar-refractivity contribution in [2.24, 2.45) is 0 Å². The molecule has 0 aliphatic carbocycles. The van der Waals surface area contributed by atoms with Crippen molar-refractivity contribution < 1.29 is 14.1 Å². The minimum absolute atomic E-state index is 0.301. The van der Waals surface area contributed by atoms with Crippen LogP contribution in [-0.4, -0.2) is 17.0 Å². The van der Waals surface area contributed by atoms with Gasteiger partial charge in [-0.25, -0.2) is 0 Å². The van der Waals surface area contributed by atoms with E-state index in [0.717, 1.165) is 0 Å². The number of hydrogen-bond donors (Lipinski definition) is 2. The first-order chi connectivity index (χ1) is 12.4. The summed E-state index contributed by atoms with van der Waals surface area (Å²) in [5.41, 5.74) is 1.04. The van der Waals surface area contributed by atoms with Crippen molar-refractivity contribution in [3.05, 3.63) is 75.5 Å². The number of aryl methyl sites for hydroxylation is 1. The molecule has 2 aromatic carbocycles. The van der Waals surface area contributed by atoms with Crippen LogP contribution in [0.2, 0.25) is 10.0 Å². The summed E-state index contributed by atoms with van der Waals surface area (Å²) < 4.78 is 4.90. The van der Waals surface area contributed by atoms with Gasteiger partial charge < -0.3 is 15.2 Å². The molecular formula is C18H13Cl2N3O3. The summed E-state index contributed by atoms with van der Waals surface area (Å²) in [6.07, 6.45) is 0. The number of benzene rings is 2. The van der Waals surface area contributed by atoms with E-state index in [2.05, 4.69) is 15.8 Å². The number of nitrogens with zero attached hydrogens (tertiary/aromatic N) is 1. The third-order valence-electron chi connectivity index (χ3n) is 3.44. The zero-order valence-electron chi connectivity index (χ0n) is 13.5. The van der Waals surface area contributed by atoms with Crippen molar-refractivity contribution >= 4 is 46.5 Å². The van der Waals surface area contributed by atoms with Gasteiger partial charge in [0.1, 0.15) is 5.76 Å². The van der Waals surface area contributed by atoms with E-state index in [0.29, 0.717) is 38.4 Å². The minimum Gasteiger partial charge on any atom is -0.360 e. The molecule has 8 heteroatoms. The van der Waals surface area contributed by atoms with Crippen molar-refractivity contribution in [2.75, 3.05) is 10.6 Å². The number of anilines is 2.